The monoisotopic (exact) mass is 274 g/mol. The summed E-state index contributed by atoms with van der Waals surface area (Å²) >= 11 is 0. The lowest BCUT2D eigenvalue weighted by Gasteiger charge is -2.17. The van der Waals surface area contributed by atoms with E-state index in [0.717, 1.165) is 12.1 Å². The summed E-state index contributed by atoms with van der Waals surface area (Å²) in [6, 6.07) is 3.30. The summed E-state index contributed by atoms with van der Waals surface area (Å²) in [4.78, 5) is -0.0550. The maximum atomic E-state index is 12.9. The summed E-state index contributed by atoms with van der Waals surface area (Å²) in [5.41, 5.74) is 5.49. The second-order valence-corrected chi connectivity index (χ2v) is 6.10. The van der Waals surface area contributed by atoms with Gasteiger partial charge in [-0.05, 0) is 24.6 Å². The molecule has 18 heavy (non-hydrogen) atoms. The van der Waals surface area contributed by atoms with Crippen molar-refractivity contribution in [2.24, 2.45) is 0 Å². The third-order valence-corrected chi connectivity index (χ3v) is 4.97. The second-order valence-electron chi connectivity index (χ2n) is 4.19. The van der Waals surface area contributed by atoms with Gasteiger partial charge in [0.15, 0.2) is 0 Å². The predicted molar refractivity (Wildman–Crippen MR) is 65.0 cm³/mol. The van der Waals surface area contributed by atoms with E-state index in [-0.39, 0.29) is 16.7 Å². The number of nitrogens with zero attached hydrogens (tertiary/aromatic N) is 1. The average Bonchev–Trinajstić information content (AvgIpc) is 2.77. The molecule has 2 N–H and O–H groups in total. The number of ether oxygens (including phenoxy) is 1. The van der Waals surface area contributed by atoms with Gasteiger partial charge < -0.3 is 10.5 Å². The predicted octanol–water partition coefficient (Wildman–Crippen LogP) is 0.817. The molecule has 0 saturated carbocycles. The fraction of sp³-hybridized carbons (Fsp3) is 0.455. The molecule has 0 aliphatic carbocycles. The van der Waals surface area contributed by atoms with Gasteiger partial charge in [-0.15, -0.1) is 0 Å². The van der Waals surface area contributed by atoms with E-state index in [1.165, 1.54) is 10.4 Å². The molecule has 0 spiro atoms. The lowest BCUT2D eigenvalue weighted by atomic mass is 10.3. The summed E-state index contributed by atoms with van der Waals surface area (Å²) in [5, 5.41) is 0. The topological polar surface area (TPSA) is 72.6 Å². The Morgan fingerprint density at radius 1 is 1.50 bits per heavy atom. The van der Waals surface area contributed by atoms with Gasteiger partial charge in [0.1, 0.15) is 10.7 Å². The van der Waals surface area contributed by atoms with Crippen LogP contribution in [-0.2, 0) is 14.8 Å². The Morgan fingerprint density at radius 2 is 2.22 bits per heavy atom. The van der Waals surface area contributed by atoms with Crippen LogP contribution in [0, 0.1) is 5.82 Å². The molecule has 7 heteroatoms. The molecular weight excluding hydrogens is 259 g/mol. The van der Waals surface area contributed by atoms with Crippen molar-refractivity contribution in [2.45, 2.75) is 17.4 Å². The summed E-state index contributed by atoms with van der Waals surface area (Å²) in [6.45, 7) is 0.688. The van der Waals surface area contributed by atoms with Crippen molar-refractivity contribution in [1.29, 1.82) is 0 Å². The van der Waals surface area contributed by atoms with Crippen LogP contribution in [0.3, 0.4) is 0 Å². The molecule has 1 aromatic carbocycles. The first-order chi connectivity index (χ1) is 8.45. The smallest absolute Gasteiger partial charge is 0.245 e. The third kappa shape index (κ3) is 2.33. The Morgan fingerprint density at radius 3 is 2.78 bits per heavy atom. The Labute approximate surface area is 105 Å². The average molecular weight is 274 g/mol. The van der Waals surface area contributed by atoms with Crippen molar-refractivity contribution < 1.29 is 17.5 Å². The Kier molecular flexibility index (Phi) is 3.56. The van der Waals surface area contributed by atoms with Gasteiger partial charge in [0, 0.05) is 20.2 Å². The van der Waals surface area contributed by atoms with Crippen LogP contribution in [0.15, 0.2) is 23.1 Å². The molecule has 1 aromatic rings. The lowest BCUT2D eigenvalue weighted by molar-refractivity contribution is 0.115. The molecule has 1 unspecified atom stereocenters. The molecule has 0 radical (unpaired) electrons. The molecule has 1 saturated heterocycles. The highest BCUT2D eigenvalue weighted by Crippen LogP contribution is 2.26. The minimum Gasteiger partial charge on any atom is -0.398 e. The van der Waals surface area contributed by atoms with E-state index in [0.29, 0.717) is 19.5 Å². The fourth-order valence-corrected chi connectivity index (χ4v) is 3.58. The van der Waals surface area contributed by atoms with Gasteiger partial charge in [0.25, 0.3) is 0 Å². The summed E-state index contributed by atoms with van der Waals surface area (Å²) < 4.78 is 43.9. The SMILES string of the molecule is COC1CCN(S(=O)(=O)c2ccc(F)cc2N)C1. The molecule has 0 aromatic heterocycles. The molecule has 2 rings (SSSR count). The van der Waals surface area contributed by atoms with Crippen molar-refractivity contribution in [1.82, 2.24) is 4.31 Å². The fourth-order valence-electron chi connectivity index (χ4n) is 2.00. The Hall–Kier alpha value is -1.18. The zero-order valence-corrected chi connectivity index (χ0v) is 10.8. The van der Waals surface area contributed by atoms with Gasteiger partial charge >= 0.3 is 0 Å². The number of halogens is 1. The molecule has 1 fully saturated rings. The van der Waals surface area contributed by atoms with E-state index >= 15 is 0 Å². The van der Waals surface area contributed by atoms with Crippen LogP contribution in [-0.4, -0.2) is 39.0 Å². The van der Waals surface area contributed by atoms with Crippen LogP contribution >= 0.6 is 0 Å². The zero-order valence-electron chi connectivity index (χ0n) is 9.97. The van der Waals surface area contributed by atoms with Crippen molar-refractivity contribution in [2.75, 3.05) is 25.9 Å². The number of rotatable bonds is 3. The standard InChI is InChI=1S/C11H15FN2O3S/c1-17-9-4-5-14(7-9)18(15,16)11-3-2-8(12)6-10(11)13/h2-3,6,9H,4-5,7,13H2,1H3. The first kappa shape index (κ1) is 13.3. The van der Waals surface area contributed by atoms with Crippen LogP contribution in [0.1, 0.15) is 6.42 Å². The Bertz CT molecular complexity index is 547. The molecule has 1 atom stereocenters. The number of nitrogen functional groups attached to an aromatic ring is 1. The van der Waals surface area contributed by atoms with Gasteiger partial charge in [-0.2, -0.15) is 4.31 Å². The van der Waals surface area contributed by atoms with Gasteiger partial charge in [-0.25, -0.2) is 12.8 Å². The number of benzene rings is 1. The first-order valence-electron chi connectivity index (χ1n) is 5.53. The highest BCUT2D eigenvalue weighted by molar-refractivity contribution is 7.89. The molecule has 1 heterocycles. The van der Waals surface area contributed by atoms with Crippen LogP contribution in [0.2, 0.25) is 0 Å². The molecule has 100 valence electrons. The van der Waals surface area contributed by atoms with Crippen LogP contribution < -0.4 is 5.73 Å². The molecular formula is C11H15FN2O3S. The van der Waals surface area contributed by atoms with Crippen LogP contribution in [0.5, 0.6) is 0 Å². The minimum atomic E-state index is -3.67. The third-order valence-electron chi connectivity index (χ3n) is 3.03. The second kappa shape index (κ2) is 4.83. The molecule has 5 nitrogen and oxygen atoms in total. The maximum Gasteiger partial charge on any atom is 0.245 e. The zero-order chi connectivity index (χ0) is 13.3. The highest BCUT2D eigenvalue weighted by atomic mass is 32.2. The van der Waals surface area contributed by atoms with Gasteiger partial charge in [-0.3, -0.25) is 0 Å². The highest BCUT2D eigenvalue weighted by Gasteiger charge is 2.33. The molecule has 1 aliphatic rings. The van der Waals surface area contributed by atoms with E-state index < -0.39 is 15.8 Å². The first-order valence-corrected chi connectivity index (χ1v) is 6.97. The lowest BCUT2D eigenvalue weighted by Crippen LogP contribution is -2.30. The quantitative estimate of drug-likeness (QED) is 0.828. The number of nitrogens with two attached hydrogens (primary N) is 1. The largest absolute Gasteiger partial charge is 0.398 e. The van der Waals surface area contributed by atoms with E-state index in [1.807, 2.05) is 0 Å². The van der Waals surface area contributed by atoms with Gasteiger partial charge in [-0.1, -0.05) is 0 Å². The van der Waals surface area contributed by atoms with Gasteiger partial charge in [0.05, 0.1) is 11.8 Å². The van der Waals surface area contributed by atoms with E-state index in [4.69, 9.17) is 10.5 Å². The van der Waals surface area contributed by atoms with E-state index in [2.05, 4.69) is 0 Å². The molecule has 0 bridgehead atoms. The number of anilines is 1. The minimum absolute atomic E-state index is 0.0550. The van der Waals surface area contributed by atoms with Crippen molar-refractivity contribution in [3.8, 4) is 0 Å². The maximum absolute atomic E-state index is 12.9. The van der Waals surface area contributed by atoms with E-state index in [9.17, 15) is 12.8 Å². The number of methoxy groups -OCH3 is 1. The van der Waals surface area contributed by atoms with Crippen molar-refractivity contribution in [3.63, 3.8) is 0 Å². The summed E-state index contributed by atoms with van der Waals surface area (Å²) in [7, 11) is -2.12. The Balaban J connectivity index is 2.31. The molecule has 0 amide bonds. The van der Waals surface area contributed by atoms with Crippen LogP contribution in [0.25, 0.3) is 0 Å². The normalized spacial score (nSPS) is 21.3. The summed E-state index contributed by atoms with van der Waals surface area (Å²) in [5.74, 6) is -0.553. The van der Waals surface area contributed by atoms with E-state index in [1.54, 1.807) is 7.11 Å². The van der Waals surface area contributed by atoms with Crippen LogP contribution in [0.4, 0.5) is 10.1 Å². The van der Waals surface area contributed by atoms with Crippen molar-refractivity contribution >= 4 is 15.7 Å². The molecule has 1 aliphatic heterocycles. The van der Waals surface area contributed by atoms with Gasteiger partial charge in [0.2, 0.25) is 10.0 Å². The number of sulfonamides is 1. The number of hydrogen-bond acceptors (Lipinski definition) is 4. The summed E-state index contributed by atoms with van der Waals surface area (Å²) in [6.07, 6.45) is 0.554. The van der Waals surface area contributed by atoms with Crippen molar-refractivity contribution in [3.05, 3.63) is 24.0 Å². The number of hydrogen-bond donors (Lipinski definition) is 1.